The number of allylic oxidation sites excluding steroid dienone is 1. The fourth-order valence-corrected chi connectivity index (χ4v) is 7.40. The highest BCUT2D eigenvalue weighted by atomic mass is 32.2. The van der Waals surface area contributed by atoms with Crippen molar-refractivity contribution in [1.82, 2.24) is 4.57 Å². The van der Waals surface area contributed by atoms with Crippen LogP contribution >= 0.6 is 23.1 Å². The monoisotopic (exact) mass is 621 g/mol. The number of non-ortho nitro benzene ring substituents is 1. The van der Waals surface area contributed by atoms with Crippen LogP contribution in [0.4, 0.5) is 5.69 Å². The standard InChI is InChI=1S/C34H27N3O5S2/c1-3-27-30(33(39)42-2)31(22-9-5-4-6-10-22)36-32(38)29(44-34(36)35-27)19-23-15-18-28(26-12-8-7-11-25(23)26)43-20-21-13-16-24(17-14-21)37(40)41/h4-19,31H,3,20H2,1-2H3/b29-19-/t31-/m1/s1. The molecule has 0 unspecified atom stereocenters. The number of carbonyl (C=O) groups is 1. The molecule has 8 nitrogen and oxygen atoms in total. The van der Waals surface area contributed by atoms with E-state index in [0.29, 0.717) is 32.8 Å². The lowest BCUT2D eigenvalue weighted by Gasteiger charge is -2.25. The van der Waals surface area contributed by atoms with Crippen molar-refractivity contribution in [2.75, 3.05) is 7.11 Å². The molecule has 5 aromatic rings. The second kappa shape index (κ2) is 12.4. The van der Waals surface area contributed by atoms with Gasteiger partial charge in [0.25, 0.3) is 11.2 Å². The molecular weight excluding hydrogens is 595 g/mol. The minimum atomic E-state index is -0.646. The molecule has 1 atom stereocenters. The second-order valence-corrected chi connectivity index (χ2v) is 12.1. The molecule has 1 aromatic heterocycles. The predicted molar refractivity (Wildman–Crippen MR) is 173 cm³/mol. The van der Waals surface area contributed by atoms with Gasteiger partial charge in [-0.3, -0.25) is 19.5 Å². The van der Waals surface area contributed by atoms with E-state index in [-0.39, 0.29) is 11.2 Å². The van der Waals surface area contributed by atoms with Gasteiger partial charge in [-0.1, -0.05) is 91.1 Å². The Morgan fingerprint density at radius 3 is 2.41 bits per heavy atom. The molecular formula is C34H27N3O5S2. The van der Waals surface area contributed by atoms with Gasteiger partial charge in [-0.05, 0) is 46.0 Å². The summed E-state index contributed by atoms with van der Waals surface area (Å²) in [5.74, 6) is 0.156. The normalized spacial score (nSPS) is 14.8. The number of esters is 1. The van der Waals surface area contributed by atoms with Gasteiger partial charge in [-0.2, -0.15) is 0 Å². The highest BCUT2D eigenvalue weighted by Crippen LogP contribution is 2.34. The molecule has 0 saturated carbocycles. The van der Waals surface area contributed by atoms with Gasteiger partial charge in [0.1, 0.15) is 0 Å². The third-order valence-electron chi connectivity index (χ3n) is 7.51. The molecule has 0 amide bonds. The molecule has 2 heterocycles. The molecule has 220 valence electrons. The van der Waals surface area contributed by atoms with Crippen LogP contribution in [0.2, 0.25) is 0 Å². The van der Waals surface area contributed by atoms with Gasteiger partial charge in [0.05, 0.1) is 33.9 Å². The van der Waals surface area contributed by atoms with Gasteiger partial charge in [0, 0.05) is 22.8 Å². The van der Waals surface area contributed by atoms with Gasteiger partial charge in [-0.15, -0.1) is 11.8 Å². The molecule has 0 spiro atoms. The van der Waals surface area contributed by atoms with E-state index < -0.39 is 16.9 Å². The molecule has 44 heavy (non-hydrogen) atoms. The van der Waals surface area contributed by atoms with Crippen LogP contribution in [0.5, 0.6) is 0 Å². The number of hydrogen-bond acceptors (Lipinski definition) is 8. The highest BCUT2D eigenvalue weighted by molar-refractivity contribution is 7.98. The van der Waals surface area contributed by atoms with E-state index in [9.17, 15) is 19.7 Å². The van der Waals surface area contributed by atoms with Crippen LogP contribution in [0.15, 0.2) is 117 Å². The topological polar surface area (TPSA) is 104 Å². The van der Waals surface area contributed by atoms with E-state index in [4.69, 9.17) is 9.73 Å². The Hall–Kier alpha value is -4.80. The second-order valence-electron chi connectivity index (χ2n) is 10.1. The average molecular weight is 622 g/mol. The first kappa shape index (κ1) is 29.3. The van der Waals surface area contributed by atoms with Crippen molar-refractivity contribution in [3.05, 3.63) is 149 Å². The maximum Gasteiger partial charge on any atom is 0.338 e. The van der Waals surface area contributed by atoms with Crippen LogP contribution in [0.25, 0.3) is 16.8 Å². The molecule has 10 heteroatoms. The number of hydrogen-bond donors (Lipinski definition) is 0. The third kappa shape index (κ3) is 5.49. The number of thiazole rings is 1. The minimum Gasteiger partial charge on any atom is -0.466 e. The van der Waals surface area contributed by atoms with Crippen molar-refractivity contribution >= 4 is 51.6 Å². The number of rotatable bonds is 8. The number of thioether (sulfide) groups is 1. The Kier molecular flexibility index (Phi) is 8.28. The summed E-state index contributed by atoms with van der Waals surface area (Å²) in [7, 11) is 1.34. The number of aromatic nitrogens is 1. The first-order valence-corrected chi connectivity index (χ1v) is 15.8. The molecule has 0 aliphatic carbocycles. The van der Waals surface area contributed by atoms with E-state index in [0.717, 1.165) is 32.4 Å². The van der Waals surface area contributed by atoms with Gasteiger partial charge >= 0.3 is 5.97 Å². The fraction of sp³-hybridized carbons (Fsp3) is 0.147. The van der Waals surface area contributed by atoms with E-state index in [1.807, 2.05) is 73.7 Å². The zero-order chi connectivity index (χ0) is 30.8. The molecule has 0 saturated heterocycles. The van der Waals surface area contributed by atoms with Gasteiger partial charge in [0.15, 0.2) is 4.80 Å². The Labute approximate surface area is 260 Å². The number of benzene rings is 4. The van der Waals surface area contributed by atoms with Crippen LogP contribution in [0, 0.1) is 10.1 Å². The van der Waals surface area contributed by atoms with Crippen LogP contribution in [-0.4, -0.2) is 22.6 Å². The summed E-state index contributed by atoms with van der Waals surface area (Å²) in [6.07, 6.45) is 2.41. The number of carbonyl (C=O) groups excluding carboxylic acids is 1. The first-order valence-electron chi connectivity index (χ1n) is 14.0. The van der Waals surface area contributed by atoms with Gasteiger partial charge < -0.3 is 4.74 Å². The van der Waals surface area contributed by atoms with Crippen molar-refractivity contribution in [1.29, 1.82) is 0 Å². The molecule has 6 rings (SSSR count). The summed E-state index contributed by atoms with van der Waals surface area (Å²) in [5.41, 5.74) is 3.52. The Morgan fingerprint density at radius 1 is 1.02 bits per heavy atom. The zero-order valence-electron chi connectivity index (χ0n) is 23.9. The van der Waals surface area contributed by atoms with E-state index in [2.05, 4.69) is 6.07 Å². The molecule has 0 radical (unpaired) electrons. The molecule has 0 bridgehead atoms. The van der Waals surface area contributed by atoms with Gasteiger partial charge in [0.2, 0.25) is 0 Å². The van der Waals surface area contributed by atoms with Crippen molar-refractivity contribution in [3.63, 3.8) is 0 Å². The fourth-order valence-electron chi connectivity index (χ4n) is 5.38. The highest BCUT2D eigenvalue weighted by Gasteiger charge is 2.33. The van der Waals surface area contributed by atoms with E-state index >= 15 is 0 Å². The lowest BCUT2D eigenvalue weighted by Crippen LogP contribution is -2.40. The quantitative estimate of drug-likeness (QED) is 0.0891. The molecule has 4 aromatic carbocycles. The molecule has 1 aliphatic heterocycles. The zero-order valence-corrected chi connectivity index (χ0v) is 25.6. The third-order valence-corrected chi connectivity index (χ3v) is 9.64. The van der Waals surface area contributed by atoms with Crippen LogP contribution in [0.1, 0.15) is 36.1 Å². The summed E-state index contributed by atoms with van der Waals surface area (Å²) < 4.78 is 7.27. The number of nitrogens with zero attached hydrogens (tertiary/aromatic N) is 3. The SMILES string of the molecule is CCC1=C(C(=O)OC)[C@@H](c2ccccc2)n2c(s/c(=C\c3ccc(SCc4ccc([N+](=O)[O-])cc4)c4ccccc34)c2=O)=N1. The first-order chi connectivity index (χ1) is 21.4. The van der Waals surface area contributed by atoms with Crippen LogP contribution < -0.4 is 14.9 Å². The summed E-state index contributed by atoms with van der Waals surface area (Å²) in [5, 5.41) is 13.0. The van der Waals surface area contributed by atoms with E-state index in [1.54, 1.807) is 28.5 Å². The summed E-state index contributed by atoms with van der Waals surface area (Å²) in [4.78, 5) is 44.0. The molecule has 1 aliphatic rings. The number of methoxy groups -OCH3 is 1. The number of nitro groups is 1. The van der Waals surface area contributed by atoms with E-state index in [1.165, 1.54) is 30.6 Å². The van der Waals surface area contributed by atoms with Crippen molar-refractivity contribution < 1.29 is 14.5 Å². The largest absolute Gasteiger partial charge is 0.466 e. The summed E-state index contributed by atoms with van der Waals surface area (Å²) in [6.45, 7) is 1.94. The average Bonchev–Trinajstić information content (AvgIpc) is 3.37. The van der Waals surface area contributed by atoms with Crippen LogP contribution in [0.3, 0.4) is 0 Å². The summed E-state index contributed by atoms with van der Waals surface area (Å²) in [6, 6.07) is 27.5. The maximum atomic E-state index is 14.0. The number of nitro benzene ring substituents is 1. The Balaban J connectivity index is 1.42. The van der Waals surface area contributed by atoms with Crippen molar-refractivity contribution in [2.45, 2.75) is 30.0 Å². The maximum absolute atomic E-state index is 14.0. The lowest BCUT2D eigenvalue weighted by atomic mass is 9.95. The Bertz CT molecular complexity index is 2120. The predicted octanol–water partition coefficient (Wildman–Crippen LogP) is 6.15. The molecule has 0 N–H and O–H groups in total. The Morgan fingerprint density at radius 2 is 1.73 bits per heavy atom. The molecule has 0 fully saturated rings. The number of fused-ring (bicyclic) bond motifs is 2. The van der Waals surface area contributed by atoms with Crippen molar-refractivity contribution in [2.24, 2.45) is 4.99 Å². The number of ether oxygens (including phenoxy) is 1. The minimum absolute atomic E-state index is 0.0707. The lowest BCUT2D eigenvalue weighted by molar-refractivity contribution is -0.384. The van der Waals surface area contributed by atoms with Crippen LogP contribution in [-0.2, 0) is 15.3 Å². The van der Waals surface area contributed by atoms with Crippen molar-refractivity contribution in [3.8, 4) is 0 Å². The smallest absolute Gasteiger partial charge is 0.338 e. The van der Waals surface area contributed by atoms with Gasteiger partial charge in [-0.25, -0.2) is 9.79 Å². The summed E-state index contributed by atoms with van der Waals surface area (Å²) >= 11 is 2.96.